The Kier molecular flexibility index (Phi) is 7.26. The molecule has 2 aromatic rings. The van der Waals surface area contributed by atoms with Gasteiger partial charge in [-0.25, -0.2) is 21.6 Å². The van der Waals surface area contributed by atoms with E-state index in [2.05, 4.69) is 4.72 Å². The van der Waals surface area contributed by atoms with Crippen LogP contribution in [0.3, 0.4) is 0 Å². The summed E-state index contributed by atoms with van der Waals surface area (Å²) in [5, 5.41) is 11.0. The molecule has 2 rings (SSSR count). The van der Waals surface area contributed by atoms with Gasteiger partial charge in [0.1, 0.15) is 0 Å². The van der Waals surface area contributed by atoms with E-state index >= 15 is 0 Å². The van der Waals surface area contributed by atoms with Crippen molar-refractivity contribution >= 4 is 25.8 Å². The fraction of sp³-hybridized carbons (Fsp3) is 0.333. The second kappa shape index (κ2) is 9.18. The zero-order chi connectivity index (χ0) is 23.4. The van der Waals surface area contributed by atoms with Gasteiger partial charge in [-0.15, -0.1) is 0 Å². The summed E-state index contributed by atoms with van der Waals surface area (Å²) in [5.74, 6) is -1.06. The van der Waals surface area contributed by atoms with Crippen molar-refractivity contribution in [2.75, 3.05) is 13.3 Å². The first-order valence-electron chi connectivity index (χ1n) is 9.42. The molecular weight excluding hydrogens is 438 g/mol. The van der Waals surface area contributed by atoms with Gasteiger partial charge >= 0.3 is 0 Å². The Bertz CT molecular complexity index is 1210. The van der Waals surface area contributed by atoms with E-state index in [4.69, 9.17) is 5.26 Å². The average Bonchev–Trinajstić information content (AvgIpc) is 2.71. The summed E-state index contributed by atoms with van der Waals surface area (Å²) in [6.07, 6.45) is 2.50. The number of nitriles is 1. The highest BCUT2D eigenvalue weighted by atomic mass is 32.2. The maximum absolute atomic E-state index is 12.9. The molecule has 1 amide bonds. The molecule has 0 aromatic heterocycles. The highest BCUT2D eigenvalue weighted by Gasteiger charge is 2.50. The van der Waals surface area contributed by atoms with E-state index < -0.39 is 30.5 Å². The second-order valence-corrected chi connectivity index (χ2v) is 11.7. The zero-order valence-corrected chi connectivity index (χ0v) is 19.3. The minimum Gasteiger partial charge on any atom is -0.272 e. The Hall–Kier alpha value is -2.74. The quantitative estimate of drug-likeness (QED) is 0.455. The van der Waals surface area contributed by atoms with Crippen LogP contribution in [0.15, 0.2) is 53.4 Å². The van der Waals surface area contributed by atoms with Crippen molar-refractivity contribution in [2.24, 2.45) is 5.92 Å². The number of benzene rings is 2. The zero-order valence-electron chi connectivity index (χ0n) is 17.7. The van der Waals surface area contributed by atoms with Crippen molar-refractivity contribution in [3.05, 3.63) is 54.1 Å². The van der Waals surface area contributed by atoms with Crippen molar-refractivity contribution in [3.8, 4) is 17.3 Å². The van der Waals surface area contributed by atoms with Gasteiger partial charge in [-0.3, -0.25) is 10.1 Å². The van der Waals surface area contributed by atoms with Crippen LogP contribution < -0.4 is 10.0 Å². The molecule has 1 unspecified atom stereocenters. The first kappa shape index (κ1) is 24.5. The van der Waals surface area contributed by atoms with Crippen LogP contribution in [0.2, 0.25) is 0 Å². The minimum absolute atomic E-state index is 0.0118. The topological polar surface area (TPSA) is 133 Å². The first-order chi connectivity index (χ1) is 14.4. The van der Waals surface area contributed by atoms with Crippen LogP contribution >= 0.6 is 0 Å². The first-order valence-corrected chi connectivity index (χ1v) is 12.8. The molecule has 0 aliphatic heterocycles. The van der Waals surface area contributed by atoms with E-state index in [1.807, 2.05) is 5.32 Å². The second-order valence-electron chi connectivity index (χ2n) is 7.58. The van der Waals surface area contributed by atoms with Crippen molar-refractivity contribution < 1.29 is 21.6 Å². The monoisotopic (exact) mass is 463 g/mol. The molecule has 0 spiro atoms. The van der Waals surface area contributed by atoms with Crippen LogP contribution in [0.4, 0.5) is 0 Å². The van der Waals surface area contributed by atoms with Gasteiger partial charge in [-0.2, -0.15) is 5.26 Å². The highest BCUT2D eigenvalue weighted by molar-refractivity contribution is 7.92. The van der Waals surface area contributed by atoms with Gasteiger partial charge in [-0.05, 0) is 54.3 Å². The van der Waals surface area contributed by atoms with Gasteiger partial charge in [0, 0.05) is 6.26 Å². The lowest BCUT2D eigenvalue weighted by Gasteiger charge is -2.32. The molecule has 0 saturated heterocycles. The Labute approximate surface area is 183 Å². The van der Waals surface area contributed by atoms with E-state index in [0.717, 1.165) is 6.26 Å². The van der Waals surface area contributed by atoms with E-state index in [1.54, 1.807) is 50.2 Å². The molecule has 0 fully saturated rings. The third-order valence-corrected chi connectivity index (χ3v) is 8.24. The average molecular weight is 464 g/mol. The predicted octanol–water partition coefficient (Wildman–Crippen LogP) is 2.14. The lowest BCUT2D eigenvalue weighted by molar-refractivity contribution is -0.123. The molecule has 0 radical (unpaired) electrons. The number of nitrogens with one attached hydrogen (secondary N) is 2. The number of sulfonamides is 1. The smallest absolute Gasteiger partial charge is 0.258 e. The molecule has 10 heteroatoms. The molecular formula is C21H25N3O5S2. The summed E-state index contributed by atoms with van der Waals surface area (Å²) in [5.41, 5.74) is 1.48. The molecule has 0 saturated carbocycles. The Morgan fingerprint density at radius 3 is 2.16 bits per heavy atom. The van der Waals surface area contributed by atoms with Crippen LogP contribution in [0.5, 0.6) is 0 Å². The maximum atomic E-state index is 12.9. The number of hydrogen-bond acceptors (Lipinski definition) is 6. The van der Waals surface area contributed by atoms with Crippen LogP contribution in [-0.4, -0.2) is 36.0 Å². The van der Waals surface area contributed by atoms with Gasteiger partial charge in [0.2, 0.25) is 10.0 Å². The van der Waals surface area contributed by atoms with Gasteiger partial charge in [0.25, 0.3) is 5.91 Å². The summed E-state index contributed by atoms with van der Waals surface area (Å²) in [7, 11) is -6.25. The summed E-state index contributed by atoms with van der Waals surface area (Å²) in [6.45, 7) is 3.59. The summed E-state index contributed by atoms with van der Waals surface area (Å²) in [6, 6.07) is 12.6. The molecule has 0 heterocycles. The van der Waals surface area contributed by atoms with Gasteiger partial charge < -0.3 is 0 Å². The van der Waals surface area contributed by atoms with E-state index in [0.29, 0.717) is 11.1 Å². The highest BCUT2D eigenvalue weighted by Crippen LogP contribution is 2.38. The normalized spacial score (nSPS) is 13.9. The van der Waals surface area contributed by atoms with Crippen molar-refractivity contribution in [2.45, 2.75) is 29.9 Å². The maximum Gasteiger partial charge on any atom is 0.258 e. The van der Waals surface area contributed by atoms with Gasteiger partial charge in [-0.1, -0.05) is 44.2 Å². The number of rotatable bonds is 8. The molecule has 0 aliphatic carbocycles. The third kappa shape index (κ3) is 4.95. The molecule has 2 N–H and O–H groups in total. The molecule has 1 atom stereocenters. The third-order valence-electron chi connectivity index (χ3n) is 4.96. The Morgan fingerprint density at radius 1 is 1.06 bits per heavy atom. The van der Waals surface area contributed by atoms with E-state index in [-0.39, 0.29) is 22.8 Å². The van der Waals surface area contributed by atoms with E-state index in [9.17, 15) is 21.6 Å². The summed E-state index contributed by atoms with van der Waals surface area (Å²) >= 11 is 0. The molecule has 0 aliphatic rings. The van der Waals surface area contributed by atoms with Crippen molar-refractivity contribution in [1.29, 1.82) is 5.26 Å². The molecule has 8 nitrogen and oxygen atoms in total. The number of carbonyl (C=O) groups is 1. The van der Waals surface area contributed by atoms with Crippen LogP contribution in [0, 0.1) is 17.4 Å². The number of nitrogens with zero attached hydrogens (tertiary/aromatic N) is 1. The molecule has 31 heavy (non-hydrogen) atoms. The fourth-order valence-corrected chi connectivity index (χ4v) is 5.81. The number of hydrogen-bond donors (Lipinski definition) is 2. The molecule has 0 bridgehead atoms. The number of amides is 1. The van der Waals surface area contributed by atoms with Gasteiger partial charge in [0.05, 0.1) is 4.90 Å². The summed E-state index contributed by atoms with van der Waals surface area (Å²) < 4.78 is 50.0. The SMILES string of the molecule is CNS(=O)(=O)c1ccc(-c2cccc(C(CC(C)C)(C(=O)NC#N)S(C)(=O)=O)c2)cc1. The van der Waals surface area contributed by atoms with E-state index in [1.165, 1.54) is 25.4 Å². The van der Waals surface area contributed by atoms with Gasteiger partial charge in [0.15, 0.2) is 20.8 Å². The molecule has 166 valence electrons. The van der Waals surface area contributed by atoms with Crippen LogP contribution in [0.1, 0.15) is 25.8 Å². The van der Waals surface area contributed by atoms with Crippen LogP contribution in [-0.2, 0) is 29.4 Å². The van der Waals surface area contributed by atoms with Crippen molar-refractivity contribution in [1.82, 2.24) is 10.0 Å². The van der Waals surface area contributed by atoms with Crippen LogP contribution in [0.25, 0.3) is 11.1 Å². The Morgan fingerprint density at radius 2 is 1.68 bits per heavy atom. The number of sulfone groups is 1. The standard InChI is InChI=1S/C21H25N3O5S2/c1-15(2)13-21(30(4,26)27,20(25)24-14-22)18-7-5-6-17(12-18)16-8-10-19(11-9-16)31(28,29)23-3/h5-12,15,23H,13H2,1-4H3,(H,24,25). The lowest BCUT2D eigenvalue weighted by atomic mass is 9.87. The largest absolute Gasteiger partial charge is 0.272 e. The summed E-state index contributed by atoms with van der Waals surface area (Å²) in [4.78, 5) is 13.0. The van der Waals surface area contributed by atoms with Crippen molar-refractivity contribution in [3.63, 3.8) is 0 Å². The predicted molar refractivity (Wildman–Crippen MR) is 118 cm³/mol. The Balaban J connectivity index is 2.68. The minimum atomic E-state index is -3.98. The lowest BCUT2D eigenvalue weighted by Crippen LogP contribution is -2.49. The molecule has 2 aromatic carbocycles. The number of carbonyl (C=O) groups excluding carboxylic acids is 1. The fourth-order valence-electron chi connectivity index (χ4n) is 3.50.